The summed E-state index contributed by atoms with van der Waals surface area (Å²) in [7, 11) is 0. The predicted octanol–water partition coefficient (Wildman–Crippen LogP) is 1.64. The van der Waals surface area contributed by atoms with Gasteiger partial charge in [-0.05, 0) is 13.8 Å². The fourth-order valence-corrected chi connectivity index (χ4v) is 1.86. The summed E-state index contributed by atoms with van der Waals surface area (Å²) in [6.07, 6.45) is 6.56. The largest absolute Gasteiger partial charge is 0.333 e. The quantitative estimate of drug-likeness (QED) is 0.801. The van der Waals surface area contributed by atoms with Crippen LogP contribution in [0.1, 0.15) is 29.7 Å². The number of rotatable bonds is 6. The molecule has 0 radical (unpaired) electrons. The zero-order valence-electron chi connectivity index (χ0n) is 11.8. The molecule has 2 rings (SSSR count). The molecule has 0 aromatic carbocycles. The number of aryl methyl sites for hydroxylation is 2. The van der Waals surface area contributed by atoms with Crippen molar-refractivity contribution in [2.75, 3.05) is 6.54 Å². The minimum atomic E-state index is 0.802. The standard InChI is InChI=1S/C14H21N5/c1-4-14-16-8-13(9-17-14)7-15-5-6-19-10-18-11(2)12(19)3/h8-10,15H,4-7H2,1-3H3. The maximum Gasteiger partial charge on any atom is 0.127 e. The molecule has 0 aliphatic heterocycles. The van der Waals surface area contributed by atoms with Crippen molar-refractivity contribution in [3.63, 3.8) is 0 Å². The smallest absolute Gasteiger partial charge is 0.127 e. The first-order valence-electron chi connectivity index (χ1n) is 6.69. The molecule has 2 aromatic heterocycles. The zero-order valence-corrected chi connectivity index (χ0v) is 11.8. The van der Waals surface area contributed by atoms with E-state index in [1.54, 1.807) is 0 Å². The monoisotopic (exact) mass is 259 g/mol. The second kappa shape index (κ2) is 6.43. The van der Waals surface area contributed by atoms with Crippen LogP contribution in [0.4, 0.5) is 0 Å². The summed E-state index contributed by atoms with van der Waals surface area (Å²) in [6, 6.07) is 0. The molecule has 0 aliphatic rings. The fraction of sp³-hybridized carbons (Fsp3) is 0.500. The highest BCUT2D eigenvalue weighted by Gasteiger charge is 2.01. The SMILES string of the molecule is CCc1ncc(CNCCn2cnc(C)c2C)cn1. The normalized spacial score (nSPS) is 10.9. The molecule has 0 aliphatic carbocycles. The van der Waals surface area contributed by atoms with Gasteiger partial charge < -0.3 is 9.88 Å². The Hall–Kier alpha value is -1.75. The van der Waals surface area contributed by atoms with Gasteiger partial charge in [0.2, 0.25) is 0 Å². The van der Waals surface area contributed by atoms with Crippen LogP contribution in [0.3, 0.4) is 0 Å². The molecule has 5 nitrogen and oxygen atoms in total. The van der Waals surface area contributed by atoms with Crippen LogP contribution in [-0.2, 0) is 19.5 Å². The highest BCUT2D eigenvalue weighted by atomic mass is 15.1. The van der Waals surface area contributed by atoms with Crippen molar-refractivity contribution in [2.24, 2.45) is 0 Å². The third-order valence-electron chi connectivity index (χ3n) is 3.28. The highest BCUT2D eigenvalue weighted by Crippen LogP contribution is 2.03. The number of hydrogen-bond acceptors (Lipinski definition) is 4. The van der Waals surface area contributed by atoms with E-state index in [9.17, 15) is 0 Å². The van der Waals surface area contributed by atoms with E-state index < -0.39 is 0 Å². The van der Waals surface area contributed by atoms with Crippen molar-refractivity contribution < 1.29 is 0 Å². The second-order valence-electron chi connectivity index (χ2n) is 4.65. The molecular formula is C14H21N5. The summed E-state index contributed by atoms with van der Waals surface area (Å²) in [6.45, 7) is 8.83. The lowest BCUT2D eigenvalue weighted by atomic mass is 10.3. The Bertz CT molecular complexity index is 515. The molecule has 0 atom stereocenters. The minimum absolute atomic E-state index is 0.802. The van der Waals surface area contributed by atoms with Crippen molar-refractivity contribution >= 4 is 0 Å². The Morgan fingerprint density at radius 1 is 1.16 bits per heavy atom. The van der Waals surface area contributed by atoms with Crippen LogP contribution in [0.5, 0.6) is 0 Å². The van der Waals surface area contributed by atoms with Crippen LogP contribution in [0, 0.1) is 13.8 Å². The zero-order chi connectivity index (χ0) is 13.7. The van der Waals surface area contributed by atoms with Gasteiger partial charge in [0.15, 0.2) is 0 Å². The third kappa shape index (κ3) is 3.61. The summed E-state index contributed by atoms with van der Waals surface area (Å²) in [5, 5.41) is 3.40. The molecule has 19 heavy (non-hydrogen) atoms. The summed E-state index contributed by atoms with van der Waals surface area (Å²) >= 11 is 0. The Kier molecular flexibility index (Phi) is 4.63. The van der Waals surface area contributed by atoms with Crippen LogP contribution in [0.15, 0.2) is 18.7 Å². The topological polar surface area (TPSA) is 55.6 Å². The van der Waals surface area contributed by atoms with Crippen molar-refractivity contribution in [3.8, 4) is 0 Å². The lowest BCUT2D eigenvalue weighted by Gasteiger charge is -2.07. The average molecular weight is 259 g/mol. The van der Waals surface area contributed by atoms with Gasteiger partial charge >= 0.3 is 0 Å². The van der Waals surface area contributed by atoms with Gasteiger partial charge in [-0.25, -0.2) is 15.0 Å². The van der Waals surface area contributed by atoms with E-state index in [2.05, 4.69) is 38.7 Å². The first kappa shape index (κ1) is 13.7. The molecule has 0 saturated carbocycles. The van der Waals surface area contributed by atoms with Gasteiger partial charge in [-0.2, -0.15) is 0 Å². The molecule has 0 unspecified atom stereocenters. The van der Waals surface area contributed by atoms with Crippen LogP contribution in [0.25, 0.3) is 0 Å². The summed E-state index contributed by atoms with van der Waals surface area (Å²) in [4.78, 5) is 12.9. The molecule has 2 heterocycles. The molecule has 1 N–H and O–H groups in total. The lowest BCUT2D eigenvalue weighted by molar-refractivity contribution is 0.587. The maximum atomic E-state index is 4.29. The molecule has 0 spiro atoms. The van der Waals surface area contributed by atoms with E-state index in [-0.39, 0.29) is 0 Å². The van der Waals surface area contributed by atoms with Crippen molar-refractivity contribution in [3.05, 3.63) is 41.5 Å². The molecule has 5 heteroatoms. The van der Waals surface area contributed by atoms with Gasteiger partial charge in [0.05, 0.1) is 12.0 Å². The molecule has 0 amide bonds. The highest BCUT2D eigenvalue weighted by molar-refractivity contribution is 5.08. The van der Waals surface area contributed by atoms with Crippen molar-refractivity contribution in [2.45, 2.75) is 40.3 Å². The van der Waals surface area contributed by atoms with Gasteiger partial charge in [0.1, 0.15) is 5.82 Å². The molecule has 2 aromatic rings. The molecule has 0 bridgehead atoms. The first-order valence-corrected chi connectivity index (χ1v) is 6.69. The summed E-state index contributed by atoms with van der Waals surface area (Å²) in [5.41, 5.74) is 3.46. The van der Waals surface area contributed by atoms with Crippen LogP contribution in [0.2, 0.25) is 0 Å². The maximum absolute atomic E-state index is 4.29. The average Bonchev–Trinajstić information content (AvgIpc) is 2.76. The van der Waals surface area contributed by atoms with Gasteiger partial charge in [-0.1, -0.05) is 6.92 Å². The van der Waals surface area contributed by atoms with E-state index in [4.69, 9.17) is 0 Å². The Labute approximate surface area is 114 Å². The Morgan fingerprint density at radius 3 is 2.47 bits per heavy atom. The molecule has 0 saturated heterocycles. The Balaban J connectivity index is 1.76. The van der Waals surface area contributed by atoms with Crippen LogP contribution >= 0.6 is 0 Å². The van der Waals surface area contributed by atoms with E-state index in [0.717, 1.165) is 43.1 Å². The van der Waals surface area contributed by atoms with Gasteiger partial charge in [-0.15, -0.1) is 0 Å². The number of nitrogens with zero attached hydrogens (tertiary/aromatic N) is 4. The number of imidazole rings is 1. The van der Waals surface area contributed by atoms with E-state index >= 15 is 0 Å². The number of nitrogens with one attached hydrogen (secondary N) is 1. The molecule has 0 fully saturated rings. The molecule has 102 valence electrons. The summed E-state index contributed by atoms with van der Waals surface area (Å²) < 4.78 is 2.17. The van der Waals surface area contributed by atoms with Crippen molar-refractivity contribution in [1.29, 1.82) is 0 Å². The molecular weight excluding hydrogens is 238 g/mol. The third-order valence-corrected chi connectivity index (χ3v) is 3.28. The fourth-order valence-electron chi connectivity index (χ4n) is 1.86. The van der Waals surface area contributed by atoms with Gasteiger partial charge in [-0.3, -0.25) is 0 Å². The van der Waals surface area contributed by atoms with E-state index in [1.807, 2.05) is 25.6 Å². The van der Waals surface area contributed by atoms with E-state index in [0.29, 0.717) is 0 Å². The van der Waals surface area contributed by atoms with Crippen LogP contribution < -0.4 is 5.32 Å². The van der Waals surface area contributed by atoms with Crippen LogP contribution in [-0.4, -0.2) is 26.1 Å². The Morgan fingerprint density at radius 2 is 1.89 bits per heavy atom. The number of hydrogen-bond donors (Lipinski definition) is 1. The number of aromatic nitrogens is 4. The first-order chi connectivity index (χ1) is 9.20. The second-order valence-corrected chi connectivity index (χ2v) is 4.65. The predicted molar refractivity (Wildman–Crippen MR) is 74.8 cm³/mol. The van der Waals surface area contributed by atoms with Gasteiger partial charge in [0.25, 0.3) is 0 Å². The van der Waals surface area contributed by atoms with E-state index in [1.165, 1.54) is 5.69 Å². The van der Waals surface area contributed by atoms with Gasteiger partial charge in [0, 0.05) is 49.7 Å². The minimum Gasteiger partial charge on any atom is -0.333 e. The lowest BCUT2D eigenvalue weighted by Crippen LogP contribution is -2.20. The summed E-state index contributed by atoms with van der Waals surface area (Å²) in [5.74, 6) is 0.897. The van der Waals surface area contributed by atoms with Crippen molar-refractivity contribution in [1.82, 2.24) is 24.8 Å².